The van der Waals surface area contributed by atoms with Gasteiger partial charge in [-0.2, -0.15) is 5.26 Å². The number of carbonyl (C=O) groups excluding carboxylic acids is 2. The first-order chi connectivity index (χ1) is 10.5. The van der Waals surface area contributed by atoms with Gasteiger partial charge in [-0.05, 0) is 24.6 Å². The lowest BCUT2D eigenvalue weighted by Crippen LogP contribution is -2.32. The zero-order valence-electron chi connectivity index (χ0n) is 13.2. The lowest BCUT2D eigenvalue weighted by Gasteiger charge is -2.19. The molecule has 0 bridgehead atoms. The smallest absolute Gasteiger partial charge is 0.259 e. The highest BCUT2D eigenvalue weighted by Crippen LogP contribution is 2.15. The maximum atomic E-state index is 12.4. The third-order valence-electron chi connectivity index (χ3n) is 2.98. The van der Waals surface area contributed by atoms with Crippen LogP contribution in [0, 0.1) is 11.3 Å². The summed E-state index contributed by atoms with van der Waals surface area (Å²) in [4.78, 5) is 26.8. The van der Waals surface area contributed by atoms with E-state index in [2.05, 4.69) is 0 Å². The van der Waals surface area contributed by atoms with Crippen LogP contribution in [0.3, 0.4) is 0 Å². The van der Waals surface area contributed by atoms with Crippen LogP contribution in [0.4, 0.5) is 0 Å². The van der Waals surface area contributed by atoms with Crippen LogP contribution < -0.4 is 4.74 Å². The van der Waals surface area contributed by atoms with Crippen molar-refractivity contribution in [3.8, 4) is 11.8 Å². The highest BCUT2D eigenvalue weighted by Gasteiger charge is 2.15. The van der Waals surface area contributed by atoms with Gasteiger partial charge in [0, 0.05) is 26.2 Å². The van der Waals surface area contributed by atoms with Crippen LogP contribution in [0.5, 0.6) is 5.75 Å². The van der Waals surface area contributed by atoms with Gasteiger partial charge in [-0.1, -0.05) is 13.0 Å². The molecule has 0 saturated carbocycles. The second-order valence-electron chi connectivity index (χ2n) is 4.99. The number of rotatable bonds is 7. The van der Waals surface area contributed by atoms with Crippen molar-refractivity contribution < 1.29 is 14.3 Å². The topological polar surface area (TPSA) is 73.6 Å². The average Bonchev–Trinajstić information content (AvgIpc) is 2.51. The molecule has 118 valence electrons. The lowest BCUT2D eigenvalue weighted by molar-refractivity contribution is -0.130. The van der Waals surface area contributed by atoms with Crippen LogP contribution in [-0.2, 0) is 4.79 Å². The molecule has 0 heterocycles. The molecule has 6 nitrogen and oxygen atoms in total. The van der Waals surface area contributed by atoms with E-state index >= 15 is 0 Å². The molecule has 22 heavy (non-hydrogen) atoms. The maximum absolute atomic E-state index is 12.4. The van der Waals surface area contributed by atoms with Gasteiger partial charge in [0.05, 0.1) is 6.07 Å². The van der Waals surface area contributed by atoms with Crippen molar-refractivity contribution in [1.82, 2.24) is 9.80 Å². The molecule has 0 aliphatic carbocycles. The van der Waals surface area contributed by atoms with Crippen LogP contribution in [0.2, 0.25) is 0 Å². The van der Waals surface area contributed by atoms with E-state index in [1.165, 1.54) is 9.80 Å². The van der Waals surface area contributed by atoms with Gasteiger partial charge in [-0.25, -0.2) is 0 Å². The Hall–Kier alpha value is -2.55. The molecule has 0 spiro atoms. The monoisotopic (exact) mass is 303 g/mol. The fourth-order valence-electron chi connectivity index (χ4n) is 1.78. The van der Waals surface area contributed by atoms with Crippen molar-refractivity contribution in [2.75, 3.05) is 33.8 Å². The Bertz CT molecular complexity index is 564. The predicted molar refractivity (Wildman–Crippen MR) is 82.4 cm³/mol. The zero-order chi connectivity index (χ0) is 16.5. The van der Waals surface area contributed by atoms with Gasteiger partial charge in [0.1, 0.15) is 12.3 Å². The van der Waals surface area contributed by atoms with Gasteiger partial charge in [0.15, 0.2) is 6.61 Å². The SMILES string of the molecule is CCCN(CC#N)C(=O)c1cccc(OCC(=O)N(C)C)c1. The first kappa shape index (κ1) is 17.5. The van der Waals surface area contributed by atoms with E-state index in [0.29, 0.717) is 17.9 Å². The number of ether oxygens (including phenoxy) is 1. The standard InChI is InChI=1S/C16H21N3O3/c1-4-9-19(10-8-17)16(21)13-6-5-7-14(11-13)22-12-15(20)18(2)3/h5-7,11H,4,9-10,12H2,1-3H3. The fourth-order valence-corrected chi connectivity index (χ4v) is 1.78. The molecule has 2 amide bonds. The Morgan fingerprint density at radius 2 is 2.05 bits per heavy atom. The largest absolute Gasteiger partial charge is 0.484 e. The van der Waals surface area contributed by atoms with Gasteiger partial charge >= 0.3 is 0 Å². The van der Waals surface area contributed by atoms with Gasteiger partial charge in [0.25, 0.3) is 11.8 Å². The van der Waals surface area contributed by atoms with Crippen LogP contribution >= 0.6 is 0 Å². The van der Waals surface area contributed by atoms with E-state index in [1.54, 1.807) is 38.4 Å². The number of benzene rings is 1. The average molecular weight is 303 g/mol. The summed E-state index contributed by atoms with van der Waals surface area (Å²) in [6, 6.07) is 8.63. The molecule has 0 radical (unpaired) electrons. The lowest BCUT2D eigenvalue weighted by atomic mass is 10.2. The van der Waals surface area contributed by atoms with Crippen molar-refractivity contribution >= 4 is 11.8 Å². The zero-order valence-corrected chi connectivity index (χ0v) is 13.2. The Morgan fingerprint density at radius 3 is 2.64 bits per heavy atom. The molecule has 0 fully saturated rings. The summed E-state index contributed by atoms with van der Waals surface area (Å²) in [5, 5.41) is 8.80. The van der Waals surface area contributed by atoms with Crippen LogP contribution in [-0.4, -0.2) is 55.4 Å². The molecular formula is C16H21N3O3. The number of carbonyl (C=O) groups is 2. The molecule has 0 aliphatic rings. The Kier molecular flexibility index (Phi) is 6.90. The number of hydrogen-bond acceptors (Lipinski definition) is 4. The van der Waals surface area contributed by atoms with Crippen LogP contribution in [0.15, 0.2) is 24.3 Å². The fraction of sp³-hybridized carbons (Fsp3) is 0.438. The Morgan fingerprint density at radius 1 is 1.32 bits per heavy atom. The molecule has 0 atom stereocenters. The molecular weight excluding hydrogens is 282 g/mol. The summed E-state index contributed by atoms with van der Waals surface area (Å²) in [7, 11) is 3.30. The molecule has 0 aromatic heterocycles. The quantitative estimate of drug-likeness (QED) is 0.716. The predicted octanol–water partition coefficient (Wildman–Crippen LogP) is 1.53. The highest BCUT2D eigenvalue weighted by molar-refractivity contribution is 5.94. The van der Waals surface area contributed by atoms with Crippen LogP contribution in [0.25, 0.3) is 0 Å². The summed E-state index contributed by atoms with van der Waals surface area (Å²) in [5.41, 5.74) is 0.443. The summed E-state index contributed by atoms with van der Waals surface area (Å²) < 4.78 is 5.39. The molecule has 0 unspecified atom stereocenters. The van der Waals surface area contributed by atoms with E-state index in [1.807, 2.05) is 13.0 Å². The minimum atomic E-state index is -0.215. The van der Waals surface area contributed by atoms with Gasteiger partial charge in [-0.3, -0.25) is 9.59 Å². The molecule has 1 aromatic carbocycles. The number of hydrogen-bond donors (Lipinski definition) is 0. The number of nitriles is 1. The van der Waals surface area contributed by atoms with Crippen molar-refractivity contribution in [2.24, 2.45) is 0 Å². The molecule has 1 rings (SSSR count). The first-order valence-corrected chi connectivity index (χ1v) is 7.08. The van der Waals surface area contributed by atoms with E-state index in [4.69, 9.17) is 10.00 Å². The van der Waals surface area contributed by atoms with Crippen molar-refractivity contribution in [1.29, 1.82) is 5.26 Å². The number of nitrogens with zero attached hydrogens (tertiary/aromatic N) is 3. The summed E-state index contributed by atoms with van der Waals surface area (Å²) in [6.07, 6.45) is 0.779. The maximum Gasteiger partial charge on any atom is 0.259 e. The summed E-state index contributed by atoms with van der Waals surface area (Å²) in [6.45, 7) is 2.44. The van der Waals surface area contributed by atoms with Gasteiger partial charge in [0.2, 0.25) is 0 Å². The third kappa shape index (κ3) is 5.09. The van der Waals surface area contributed by atoms with Gasteiger partial charge in [-0.15, -0.1) is 0 Å². The molecule has 1 aromatic rings. The van der Waals surface area contributed by atoms with E-state index < -0.39 is 0 Å². The molecule has 0 saturated heterocycles. The van der Waals surface area contributed by atoms with Crippen LogP contribution in [0.1, 0.15) is 23.7 Å². The number of likely N-dealkylation sites (N-methyl/N-ethyl adjacent to an activating group) is 1. The van der Waals surface area contributed by atoms with Crippen molar-refractivity contribution in [3.63, 3.8) is 0 Å². The molecule has 0 N–H and O–H groups in total. The summed E-state index contributed by atoms with van der Waals surface area (Å²) in [5.74, 6) is 0.0797. The normalized spacial score (nSPS) is 9.73. The molecule has 0 aliphatic heterocycles. The molecule has 6 heteroatoms. The Labute approximate surface area is 130 Å². The Balaban J connectivity index is 2.80. The second kappa shape index (κ2) is 8.67. The van der Waals surface area contributed by atoms with Crippen molar-refractivity contribution in [2.45, 2.75) is 13.3 Å². The first-order valence-electron chi connectivity index (χ1n) is 7.08. The third-order valence-corrected chi connectivity index (χ3v) is 2.98. The van der Waals surface area contributed by atoms with Gasteiger partial charge < -0.3 is 14.5 Å². The number of amides is 2. The minimum absolute atomic E-state index is 0.0525. The minimum Gasteiger partial charge on any atom is -0.484 e. The summed E-state index contributed by atoms with van der Waals surface area (Å²) >= 11 is 0. The van der Waals surface area contributed by atoms with E-state index in [-0.39, 0.29) is 25.0 Å². The van der Waals surface area contributed by atoms with Crippen molar-refractivity contribution in [3.05, 3.63) is 29.8 Å². The highest BCUT2D eigenvalue weighted by atomic mass is 16.5. The van der Waals surface area contributed by atoms with E-state index in [0.717, 1.165) is 6.42 Å². The van der Waals surface area contributed by atoms with E-state index in [9.17, 15) is 9.59 Å². The second-order valence-corrected chi connectivity index (χ2v) is 4.99.